The molecule has 1 fully saturated rings. The van der Waals surface area contributed by atoms with Crippen molar-refractivity contribution >= 4 is 31.7 Å². The fourth-order valence-electron chi connectivity index (χ4n) is 4.80. The van der Waals surface area contributed by atoms with Gasteiger partial charge in [0.25, 0.3) is 0 Å². The summed E-state index contributed by atoms with van der Waals surface area (Å²) < 4.78 is 43.0. The molecule has 0 bridgehead atoms. The molecule has 2 heterocycles. The Hall–Kier alpha value is -2.33. The molecular formula is C26H37F2N3O4Si. The Labute approximate surface area is 212 Å². The van der Waals surface area contributed by atoms with E-state index in [0.717, 1.165) is 6.29 Å². The molecule has 1 amide bonds. The average molecular weight is 522 g/mol. The Bertz CT molecular complexity index is 1150. The van der Waals surface area contributed by atoms with E-state index >= 15 is 8.78 Å². The van der Waals surface area contributed by atoms with Crippen LogP contribution in [-0.4, -0.2) is 53.8 Å². The highest BCUT2D eigenvalue weighted by molar-refractivity contribution is 6.74. The monoisotopic (exact) mass is 521 g/mol. The van der Waals surface area contributed by atoms with Gasteiger partial charge in [-0.2, -0.15) is 0 Å². The number of amides is 1. The number of rotatable bonds is 4. The minimum absolute atomic E-state index is 0.0204. The predicted molar refractivity (Wildman–Crippen MR) is 135 cm³/mol. The number of halogens is 2. The van der Waals surface area contributed by atoms with Gasteiger partial charge >= 0.3 is 6.09 Å². The van der Waals surface area contributed by atoms with Crippen molar-refractivity contribution in [3.8, 4) is 0 Å². The smallest absolute Gasteiger partial charge is 0.411 e. The molecule has 3 atom stereocenters. The zero-order chi connectivity index (χ0) is 26.8. The maximum Gasteiger partial charge on any atom is 0.411 e. The first-order valence-corrected chi connectivity index (χ1v) is 15.4. The van der Waals surface area contributed by atoms with Gasteiger partial charge in [0.2, 0.25) is 0 Å². The number of hydrogen-bond acceptors (Lipinski definition) is 5. The van der Waals surface area contributed by atoms with Crippen molar-refractivity contribution in [2.45, 2.75) is 96.7 Å². The van der Waals surface area contributed by atoms with E-state index in [4.69, 9.17) is 9.16 Å². The van der Waals surface area contributed by atoms with Crippen LogP contribution in [0.15, 0.2) is 0 Å². The standard InChI is InChI=1S/C26H37F2N3O4Si/c1-25(2,3)34-24(33)31-12-15(35-36(7,8)26(4,5)6)11-18(31)23-29-21-19(27)16-9-14(13-32)10-17(16)20(28)22(21)30-23/h13-15,18H,9-12H2,1-8H3,(H,29,30). The van der Waals surface area contributed by atoms with Crippen molar-refractivity contribution in [3.63, 3.8) is 0 Å². The van der Waals surface area contributed by atoms with Crippen LogP contribution in [0.25, 0.3) is 11.0 Å². The van der Waals surface area contributed by atoms with E-state index in [-0.39, 0.29) is 46.1 Å². The molecule has 10 heteroatoms. The van der Waals surface area contributed by atoms with Crippen LogP contribution in [0.1, 0.15) is 71.0 Å². The van der Waals surface area contributed by atoms with E-state index in [1.54, 1.807) is 25.7 Å². The van der Waals surface area contributed by atoms with E-state index in [2.05, 4.69) is 43.8 Å². The number of nitrogens with zero attached hydrogens (tertiary/aromatic N) is 2. The minimum atomic E-state index is -2.14. The molecule has 0 radical (unpaired) electrons. The van der Waals surface area contributed by atoms with E-state index in [9.17, 15) is 9.59 Å². The largest absolute Gasteiger partial charge is 0.444 e. The first kappa shape index (κ1) is 26.7. The summed E-state index contributed by atoms with van der Waals surface area (Å²) in [6.45, 7) is 16.4. The van der Waals surface area contributed by atoms with Gasteiger partial charge in [-0.1, -0.05) is 20.8 Å². The summed E-state index contributed by atoms with van der Waals surface area (Å²) in [5.74, 6) is -1.32. The quantitative estimate of drug-likeness (QED) is 0.404. The number of carbonyl (C=O) groups excluding carboxylic acids is 2. The molecule has 198 valence electrons. The predicted octanol–water partition coefficient (Wildman–Crippen LogP) is 5.83. The lowest BCUT2D eigenvalue weighted by molar-refractivity contribution is -0.110. The number of imidazole rings is 1. The van der Waals surface area contributed by atoms with E-state index in [1.165, 1.54) is 0 Å². The zero-order valence-corrected chi connectivity index (χ0v) is 23.4. The molecule has 3 unspecified atom stereocenters. The van der Waals surface area contributed by atoms with Crippen molar-refractivity contribution in [1.29, 1.82) is 0 Å². The fourth-order valence-corrected chi connectivity index (χ4v) is 6.16. The van der Waals surface area contributed by atoms with Crippen LogP contribution in [0.4, 0.5) is 13.6 Å². The van der Waals surface area contributed by atoms with Gasteiger partial charge < -0.3 is 18.9 Å². The molecule has 1 N–H and O–H groups in total. The minimum Gasteiger partial charge on any atom is -0.444 e. The molecule has 0 spiro atoms. The number of hydrogen-bond donors (Lipinski definition) is 1. The van der Waals surface area contributed by atoms with Gasteiger partial charge in [0.05, 0.1) is 12.1 Å². The summed E-state index contributed by atoms with van der Waals surface area (Å²) in [4.78, 5) is 33.3. The second-order valence-corrected chi connectivity index (χ2v) is 17.4. The van der Waals surface area contributed by atoms with Gasteiger partial charge in [-0.15, -0.1) is 0 Å². The third-order valence-corrected chi connectivity index (χ3v) is 12.2. The molecular weight excluding hydrogens is 484 g/mol. The Morgan fingerprint density at radius 2 is 1.72 bits per heavy atom. The Morgan fingerprint density at radius 1 is 1.11 bits per heavy atom. The third kappa shape index (κ3) is 4.81. The second kappa shape index (κ2) is 8.90. The summed E-state index contributed by atoms with van der Waals surface area (Å²) in [7, 11) is -2.14. The lowest BCUT2D eigenvalue weighted by Crippen LogP contribution is -2.45. The highest BCUT2D eigenvalue weighted by atomic mass is 28.4. The molecule has 2 aliphatic rings. The summed E-state index contributed by atoms with van der Waals surface area (Å²) in [5, 5.41) is -0.0204. The lowest BCUT2D eigenvalue weighted by atomic mass is 10.1. The van der Waals surface area contributed by atoms with Gasteiger partial charge in [0.1, 0.15) is 28.7 Å². The number of fused-ring (bicyclic) bond motifs is 2. The molecule has 1 aliphatic carbocycles. The molecule has 1 saturated heterocycles. The van der Waals surface area contributed by atoms with Gasteiger partial charge in [-0.25, -0.2) is 18.6 Å². The third-order valence-electron chi connectivity index (χ3n) is 7.64. The number of aromatic amines is 1. The number of benzene rings is 1. The van der Waals surface area contributed by atoms with Crippen molar-refractivity contribution in [2.75, 3.05) is 6.54 Å². The highest BCUT2D eigenvalue weighted by Gasteiger charge is 2.46. The molecule has 1 aliphatic heterocycles. The first-order chi connectivity index (χ1) is 16.5. The topological polar surface area (TPSA) is 84.5 Å². The molecule has 0 saturated carbocycles. The summed E-state index contributed by atoms with van der Waals surface area (Å²) in [5.41, 5.74) is -0.412. The van der Waals surface area contributed by atoms with Crippen LogP contribution in [0.5, 0.6) is 0 Å². The number of nitrogens with one attached hydrogen (secondary N) is 1. The van der Waals surface area contributed by atoms with Gasteiger partial charge in [0, 0.05) is 18.9 Å². The lowest BCUT2D eigenvalue weighted by Gasteiger charge is -2.38. The summed E-state index contributed by atoms with van der Waals surface area (Å²) in [6, 6.07) is -0.585. The van der Waals surface area contributed by atoms with Gasteiger partial charge in [0.15, 0.2) is 20.0 Å². The van der Waals surface area contributed by atoms with Crippen molar-refractivity contribution < 1.29 is 27.5 Å². The van der Waals surface area contributed by atoms with Crippen molar-refractivity contribution in [3.05, 3.63) is 28.6 Å². The Kier molecular flexibility index (Phi) is 6.61. The van der Waals surface area contributed by atoms with Gasteiger partial charge in [-0.3, -0.25) is 4.90 Å². The van der Waals surface area contributed by atoms with E-state index in [0.29, 0.717) is 18.8 Å². The fraction of sp³-hybridized carbons (Fsp3) is 0.654. The summed E-state index contributed by atoms with van der Waals surface area (Å²) >= 11 is 0. The van der Waals surface area contributed by atoms with Crippen LogP contribution >= 0.6 is 0 Å². The number of ether oxygens (including phenoxy) is 1. The van der Waals surface area contributed by atoms with Crippen LogP contribution < -0.4 is 0 Å². The van der Waals surface area contributed by atoms with Crippen molar-refractivity contribution in [1.82, 2.24) is 14.9 Å². The first-order valence-electron chi connectivity index (χ1n) is 12.5. The van der Waals surface area contributed by atoms with Crippen LogP contribution in [0.2, 0.25) is 18.1 Å². The summed E-state index contributed by atoms with van der Waals surface area (Å²) in [6.07, 6.45) is 0.724. The number of likely N-dealkylation sites (tertiary alicyclic amines) is 1. The number of H-pyrrole nitrogens is 1. The molecule has 1 aromatic heterocycles. The molecule has 4 rings (SSSR count). The maximum atomic E-state index is 15.4. The Morgan fingerprint density at radius 3 is 2.28 bits per heavy atom. The zero-order valence-electron chi connectivity index (χ0n) is 22.4. The van der Waals surface area contributed by atoms with Crippen LogP contribution in [-0.2, 0) is 26.8 Å². The highest BCUT2D eigenvalue weighted by Crippen LogP contribution is 2.42. The van der Waals surface area contributed by atoms with E-state index < -0.39 is 43.6 Å². The SMILES string of the molecule is CC(C)(C)OC(=O)N1CC(O[Si](C)(C)C(C)(C)C)CC1c1nc2c(F)c3c(c(F)c2[nH]1)CC(C=O)C3. The second-order valence-electron chi connectivity index (χ2n) is 12.6. The van der Waals surface area contributed by atoms with Crippen LogP contribution in [0, 0.1) is 17.6 Å². The van der Waals surface area contributed by atoms with E-state index in [1.807, 2.05) is 0 Å². The van der Waals surface area contributed by atoms with Gasteiger partial charge in [-0.05, 0) is 62.9 Å². The maximum absolute atomic E-state index is 15.4. The Balaban J connectivity index is 1.72. The van der Waals surface area contributed by atoms with Crippen LogP contribution in [0.3, 0.4) is 0 Å². The average Bonchev–Trinajstić information content (AvgIpc) is 3.46. The molecule has 36 heavy (non-hydrogen) atoms. The molecule has 2 aromatic rings. The molecule has 7 nitrogen and oxygen atoms in total. The number of aromatic nitrogens is 2. The number of aldehydes is 1. The van der Waals surface area contributed by atoms with Crippen molar-refractivity contribution in [2.24, 2.45) is 5.92 Å². The normalized spacial score (nSPS) is 21.3. The number of carbonyl (C=O) groups is 2. The molecule has 1 aromatic carbocycles.